The molecule has 0 spiro atoms. The van der Waals surface area contributed by atoms with Crippen LogP contribution < -0.4 is 4.74 Å². The lowest BCUT2D eigenvalue weighted by Crippen LogP contribution is -2.10. The third kappa shape index (κ3) is 3.82. The molecule has 1 saturated carbocycles. The molecule has 1 fully saturated rings. The molecule has 1 aliphatic carbocycles. The molecular weight excluding hydrogens is 236 g/mol. The number of rotatable bonds is 5. The minimum Gasteiger partial charge on any atom is -0.496 e. The van der Waals surface area contributed by atoms with Gasteiger partial charge in [0.05, 0.1) is 12.7 Å². The van der Waals surface area contributed by atoms with Crippen LogP contribution in [-0.2, 0) is 0 Å². The third-order valence-electron chi connectivity index (χ3n) is 4.16. The Morgan fingerprint density at radius 2 is 2.00 bits per heavy atom. The van der Waals surface area contributed by atoms with E-state index in [1.807, 2.05) is 25.1 Å². The summed E-state index contributed by atoms with van der Waals surface area (Å²) in [5.41, 5.74) is 1.86. The fraction of sp³-hybridized carbons (Fsp3) is 0.588. The van der Waals surface area contributed by atoms with E-state index in [9.17, 15) is 4.79 Å². The molecule has 2 heteroatoms. The highest BCUT2D eigenvalue weighted by molar-refractivity contribution is 5.98. The summed E-state index contributed by atoms with van der Waals surface area (Å²) >= 11 is 0. The number of carbonyl (C=O) groups is 1. The first-order valence-electron chi connectivity index (χ1n) is 7.38. The fourth-order valence-corrected chi connectivity index (χ4v) is 2.99. The molecule has 2 rings (SSSR count). The first-order valence-corrected chi connectivity index (χ1v) is 7.38. The number of Topliss-reactive ketones (excluding diaryl/α,β-unsaturated/α-hetero) is 1. The number of ketones is 1. The van der Waals surface area contributed by atoms with Gasteiger partial charge in [0, 0.05) is 6.42 Å². The topological polar surface area (TPSA) is 26.3 Å². The first kappa shape index (κ1) is 14.1. The van der Waals surface area contributed by atoms with Crippen molar-refractivity contribution in [2.45, 2.75) is 51.9 Å². The summed E-state index contributed by atoms with van der Waals surface area (Å²) in [7, 11) is 1.63. The molecule has 0 unspecified atom stereocenters. The smallest absolute Gasteiger partial charge is 0.166 e. The van der Waals surface area contributed by atoms with Gasteiger partial charge < -0.3 is 4.74 Å². The van der Waals surface area contributed by atoms with E-state index in [0.29, 0.717) is 12.2 Å². The zero-order valence-corrected chi connectivity index (χ0v) is 12.1. The van der Waals surface area contributed by atoms with E-state index in [-0.39, 0.29) is 5.78 Å². The van der Waals surface area contributed by atoms with Crippen molar-refractivity contribution in [3.8, 4) is 5.75 Å². The number of methoxy groups -OCH3 is 1. The number of carbonyl (C=O) groups excluding carboxylic acids is 1. The van der Waals surface area contributed by atoms with Gasteiger partial charge in [-0.05, 0) is 31.4 Å². The normalized spacial score (nSPS) is 16.3. The van der Waals surface area contributed by atoms with Crippen LogP contribution in [0.4, 0.5) is 0 Å². The molecule has 0 amide bonds. The molecule has 0 heterocycles. The van der Waals surface area contributed by atoms with E-state index >= 15 is 0 Å². The van der Waals surface area contributed by atoms with Crippen molar-refractivity contribution < 1.29 is 9.53 Å². The van der Waals surface area contributed by atoms with Gasteiger partial charge >= 0.3 is 0 Å². The Labute approximate surface area is 116 Å². The second-order valence-corrected chi connectivity index (χ2v) is 5.67. The van der Waals surface area contributed by atoms with Gasteiger partial charge in [-0.1, -0.05) is 43.7 Å². The monoisotopic (exact) mass is 260 g/mol. The Hall–Kier alpha value is -1.31. The Morgan fingerprint density at radius 3 is 2.68 bits per heavy atom. The van der Waals surface area contributed by atoms with Crippen molar-refractivity contribution in [3.05, 3.63) is 29.3 Å². The summed E-state index contributed by atoms with van der Waals surface area (Å²) in [6.07, 6.45) is 8.35. The van der Waals surface area contributed by atoms with E-state index in [0.717, 1.165) is 23.5 Å². The van der Waals surface area contributed by atoms with Crippen LogP contribution in [-0.4, -0.2) is 12.9 Å². The minimum atomic E-state index is 0.228. The summed E-state index contributed by atoms with van der Waals surface area (Å²) in [5, 5.41) is 0. The van der Waals surface area contributed by atoms with Crippen LogP contribution in [0, 0.1) is 12.8 Å². The molecule has 1 aliphatic rings. The van der Waals surface area contributed by atoms with E-state index in [1.54, 1.807) is 7.11 Å². The molecule has 0 aromatic heterocycles. The lowest BCUT2D eigenvalue weighted by Gasteiger charge is -2.21. The molecule has 0 aliphatic heterocycles. The van der Waals surface area contributed by atoms with Crippen molar-refractivity contribution in [1.29, 1.82) is 0 Å². The van der Waals surface area contributed by atoms with Gasteiger partial charge in [-0.25, -0.2) is 0 Å². The quantitative estimate of drug-likeness (QED) is 0.726. The molecule has 1 aromatic carbocycles. The zero-order chi connectivity index (χ0) is 13.7. The van der Waals surface area contributed by atoms with Gasteiger partial charge in [-0.3, -0.25) is 4.79 Å². The molecule has 0 saturated heterocycles. The van der Waals surface area contributed by atoms with Gasteiger partial charge in [0.2, 0.25) is 0 Å². The van der Waals surface area contributed by atoms with Crippen LogP contribution >= 0.6 is 0 Å². The SMILES string of the molecule is COc1ccc(C)cc1C(=O)CCC1CCCCC1. The van der Waals surface area contributed by atoms with Crippen LogP contribution in [0.2, 0.25) is 0 Å². The van der Waals surface area contributed by atoms with Gasteiger partial charge in [-0.2, -0.15) is 0 Å². The van der Waals surface area contributed by atoms with Crippen molar-refractivity contribution in [1.82, 2.24) is 0 Å². The van der Waals surface area contributed by atoms with Crippen LogP contribution in [0.15, 0.2) is 18.2 Å². The molecule has 0 N–H and O–H groups in total. The number of hydrogen-bond donors (Lipinski definition) is 0. The zero-order valence-electron chi connectivity index (χ0n) is 12.1. The lowest BCUT2D eigenvalue weighted by atomic mass is 9.85. The lowest BCUT2D eigenvalue weighted by molar-refractivity contribution is 0.0967. The van der Waals surface area contributed by atoms with Gasteiger partial charge in [0.15, 0.2) is 5.78 Å². The average molecular weight is 260 g/mol. The Kier molecular flexibility index (Phi) is 5.00. The van der Waals surface area contributed by atoms with Gasteiger partial charge in [0.1, 0.15) is 5.75 Å². The van der Waals surface area contributed by atoms with E-state index in [2.05, 4.69) is 0 Å². The highest BCUT2D eigenvalue weighted by Crippen LogP contribution is 2.29. The largest absolute Gasteiger partial charge is 0.496 e. The van der Waals surface area contributed by atoms with Crippen LogP contribution in [0.25, 0.3) is 0 Å². The molecule has 0 atom stereocenters. The Morgan fingerprint density at radius 1 is 1.26 bits per heavy atom. The third-order valence-corrected chi connectivity index (χ3v) is 4.16. The molecule has 0 bridgehead atoms. The summed E-state index contributed by atoms with van der Waals surface area (Å²) in [5.74, 6) is 1.69. The standard InChI is InChI=1S/C17H24O2/c1-13-8-11-17(19-2)15(12-13)16(18)10-9-14-6-4-3-5-7-14/h8,11-12,14H,3-7,9-10H2,1-2H3. The van der Waals surface area contributed by atoms with Crippen LogP contribution in [0.3, 0.4) is 0 Å². The van der Waals surface area contributed by atoms with E-state index in [1.165, 1.54) is 32.1 Å². The number of benzene rings is 1. The fourth-order valence-electron chi connectivity index (χ4n) is 2.99. The molecule has 0 radical (unpaired) electrons. The average Bonchev–Trinajstić information content (AvgIpc) is 2.46. The highest BCUT2D eigenvalue weighted by atomic mass is 16.5. The molecule has 104 valence electrons. The summed E-state index contributed by atoms with van der Waals surface area (Å²) < 4.78 is 5.29. The maximum atomic E-state index is 12.3. The number of ether oxygens (including phenoxy) is 1. The Bertz CT molecular complexity index is 431. The minimum absolute atomic E-state index is 0.228. The van der Waals surface area contributed by atoms with Crippen molar-refractivity contribution in [2.75, 3.05) is 7.11 Å². The molecular formula is C17H24O2. The van der Waals surface area contributed by atoms with Crippen molar-refractivity contribution in [3.63, 3.8) is 0 Å². The second-order valence-electron chi connectivity index (χ2n) is 5.67. The van der Waals surface area contributed by atoms with Crippen LogP contribution in [0.1, 0.15) is 60.9 Å². The molecule has 1 aromatic rings. The first-order chi connectivity index (χ1) is 9.20. The van der Waals surface area contributed by atoms with Crippen molar-refractivity contribution >= 4 is 5.78 Å². The maximum Gasteiger partial charge on any atom is 0.166 e. The molecule has 2 nitrogen and oxygen atoms in total. The summed E-state index contributed by atoms with van der Waals surface area (Å²) in [6.45, 7) is 2.01. The van der Waals surface area contributed by atoms with Crippen molar-refractivity contribution in [2.24, 2.45) is 5.92 Å². The summed E-state index contributed by atoms with van der Waals surface area (Å²) in [4.78, 5) is 12.3. The molecule has 19 heavy (non-hydrogen) atoms. The van der Waals surface area contributed by atoms with Gasteiger partial charge in [0.25, 0.3) is 0 Å². The highest BCUT2D eigenvalue weighted by Gasteiger charge is 2.17. The second kappa shape index (κ2) is 6.74. The van der Waals surface area contributed by atoms with Crippen LogP contribution in [0.5, 0.6) is 5.75 Å². The number of aryl methyl sites for hydroxylation is 1. The van der Waals surface area contributed by atoms with Gasteiger partial charge in [-0.15, -0.1) is 0 Å². The Balaban J connectivity index is 1.97. The maximum absolute atomic E-state index is 12.3. The summed E-state index contributed by atoms with van der Waals surface area (Å²) in [6, 6.07) is 5.82. The predicted octanol–water partition coefficient (Wildman–Crippen LogP) is 4.55. The van der Waals surface area contributed by atoms with E-state index in [4.69, 9.17) is 4.74 Å². The predicted molar refractivity (Wildman–Crippen MR) is 77.9 cm³/mol. The van der Waals surface area contributed by atoms with E-state index < -0.39 is 0 Å². The number of hydrogen-bond acceptors (Lipinski definition) is 2.